The van der Waals surface area contributed by atoms with Gasteiger partial charge in [-0.3, -0.25) is 0 Å². The summed E-state index contributed by atoms with van der Waals surface area (Å²) < 4.78 is 3.94. The molecule has 0 aromatic heterocycles. The molecule has 1 heterocycles. The fourth-order valence-corrected chi connectivity index (χ4v) is 0.733. The summed E-state index contributed by atoms with van der Waals surface area (Å²) in [7, 11) is 0.659. The maximum absolute atomic E-state index is 3.94. The second-order valence-electron chi connectivity index (χ2n) is 0.959. The highest BCUT2D eigenvalue weighted by Gasteiger charge is 1.67. The number of rotatable bonds is 0. The lowest BCUT2D eigenvalue weighted by Gasteiger charge is -1.76. The summed E-state index contributed by atoms with van der Waals surface area (Å²) >= 11 is 0. The Morgan fingerprint density at radius 3 is 2.50 bits per heavy atom. The minimum absolute atomic E-state index is 0.659. The summed E-state index contributed by atoms with van der Waals surface area (Å²) in [4.78, 5) is 0. The molecule has 0 saturated heterocycles. The van der Waals surface area contributed by atoms with E-state index in [1.54, 1.807) is 0 Å². The Morgan fingerprint density at radius 2 is 2.33 bits per heavy atom. The van der Waals surface area contributed by atoms with Crippen molar-refractivity contribution in [3.05, 3.63) is 12.2 Å². The topological polar surface area (TPSA) is 12.4 Å². The van der Waals surface area contributed by atoms with Crippen LogP contribution in [-0.4, -0.2) is 21.2 Å². The van der Waals surface area contributed by atoms with E-state index >= 15 is 0 Å². The number of hydrogen-bond acceptors (Lipinski definition) is 1. The van der Waals surface area contributed by atoms with E-state index in [0.717, 1.165) is 0 Å². The summed E-state index contributed by atoms with van der Waals surface area (Å²) in [5.74, 6) is 0. The highest BCUT2D eigenvalue weighted by molar-refractivity contribution is 6.49. The van der Waals surface area contributed by atoms with Crippen molar-refractivity contribution in [2.24, 2.45) is 4.66 Å². The maximum Gasteiger partial charge on any atom is 0.187 e. The molecule has 0 atom stereocenters. The Labute approximate surface area is 38.9 Å². The van der Waals surface area contributed by atoms with Gasteiger partial charge in [-0.2, -0.15) is 0 Å². The van der Waals surface area contributed by atoms with Gasteiger partial charge < -0.3 is 4.66 Å². The molecule has 0 spiro atoms. The molecule has 1 radical (unpaired) electrons. The molecule has 1 aliphatic heterocycles. The molecule has 0 amide bonds. The fraction of sp³-hybridized carbons (Fsp3) is 0. The molecular formula is C4H4NSi. The smallest absolute Gasteiger partial charge is 0.187 e. The molecule has 0 saturated carbocycles. The van der Waals surface area contributed by atoms with Crippen molar-refractivity contribution >= 4 is 21.2 Å². The normalized spacial score (nSPS) is 16.0. The predicted molar refractivity (Wildman–Crippen MR) is 29.4 cm³/mol. The van der Waals surface area contributed by atoms with Gasteiger partial charge in [0.1, 0.15) is 0 Å². The third kappa shape index (κ3) is 0.722. The van der Waals surface area contributed by atoms with E-state index in [-0.39, 0.29) is 0 Å². The van der Waals surface area contributed by atoms with Crippen LogP contribution in [0, 0.1) is 0 Å². The van der Waals surface area contributed by atoms with E-state index in [0.29, 0.717) is 9.29 Å². The quantitative estimate of drug-likeness (QED) is 0.376. The molecule has 0 aromatic rings. The molecule has 0 aliphatic carbocycles. The average Bonchev–Trinajstić information content (AvgIpc) is 1.72. The molecule has 0 bridgehead atoms. The van der Waals surface area contributed by atoms with Gasteiger partial charge in [0.15, 0.2) is 9.29 Å². The summed E-state index contributed by atoms with van der Waals surface area (Å²) in [6.45, 7) is 0. The third-order valence-electron chi connectivity index (χ3n) is 0.517. The van der Waals surface area contributed by atoms with Crippen LogP contribution in [0.15, 0.2) is 16.8 Å². The first kappa shape index (κ1) is 3.68. The Balaban J connectivity index is 2.77. The molecule has 1 nitrogen and oxygen atoms in total. The van der Waals surface area contributed by atoms with Crippen molar-refractivity contribution in [3.8, 4) is 0 Å². The standard InChI is InChI=1S/C4H4NSi/c1-2-4-6-5-3-1/h1-4H. The second-order valence-corrected chi connectivity index (χ2v) is 1.81. The Hall–Kier alpha value is -0.503. The maximum atomic E-state index is 3.94. The van der Waals surface area contributed by atoms with E-state index < -0.39 is 0 Å². The minimum atomic E-state index is 0.659. The number of hydrogen-bond donors (Lipinski definition) is 0. The summed E-state index contributed by atoms with van der Waals surface area (Å²) in [6.07, 6.45) is 5.75. The van der Waals surface area contributed by atoms with E-state index in [1.165, 1.54) is 0 Å². The van der Waals surface area contributed by atoms with Crippen LogP contribution in [0.4, 0.5) is 0 Å². The van der Waals surface area contributed by atoms with Gasteiger partial charge in [0, 0.05) is 6.21 Å². The fourth-order valence-electron chi connectivity index (χ4n) is 0.277. The second kappa shape index (κ2) is 1.82. The van der Waals surface area contributed by atoms with Crippen molar-refractivity contribution in [1.29, 1.82) is 0 Å². The minimum Gasteiger partial charge on any atom is -0.303 e. The van der Waals surface area contributed by atoms with Crippen LogP contribution in [0.2, 0.25) is 0 Å². The van der Waals surface area contributed by atoms with Gasteiger partial charge in [0.25, 0.3) is 0 Å². The van der Waals surface area contributed by atoms with Crippen LogP contribution < -0.4 is 0 Å². The van der Waals surface area contributed by atoms with Crippen LogP contribution in [0.1, 0.15) is 0 Å². The Morgan fingerprint density at radius 1 is 1.33 bits per heavy atom. The van der Waals surface area contributed by atoms with E-state index in [1.807, 2.05) is 24.0 Å². The largest absolute Gasteiger partial charge is 0.303 e. The van der Waals surface area contributed by atoms with Crippen molar-refractivity contribution in [3.63, 3.8) is 0 Å². The SMILES string of the molecule is C1=CC=[Si]N=C1. The molecule has 29 valence electrons. The first-order valence-electron chi connectivity index (χ1n) is 1.77. The van der Waals surface area contributed by atoms with Gasteiger partial charge in [0.05, 0.1) is 0 Å². The van der Waals surface area contributed by atoms with E-state index in [4.69, 9.17) is 0 Å². The lowest BCUT2D eigenvalue weighted by molar-refractivity contribution is 1.91. The highest BCUT2D eigenvalue weighted by Crippen LogP contribution is 1.66. The van der Waals surface area contributed by atoms with Crippen molar-refractivity contribution in [2.45, 2.75) is 0 Å². The molecule has 1 rings (SSSR count). The lowest BCUT2D eigenvalue weighted by atomic mass is 10.6. The number of nitrogens with zero attached hydrogens (tertiary/aromatic N) is 1. The van der Waals surface area contributed by atoms with Crippen LogP contribution >= 0.6 is 0 Å². The summed E-state index contributed by atoms with van der Waals surface area (Å²) in [6, 6.07) is 0. The highest BCUT2D eigenvalue weighted by atomic mass is 28.2. The summed E-state index contributed by atoms with van der Waals surface area (Å²) in [5, 5.41) is 0. The van der Waals surface area contributed by atoms with Crippen LogP contribution in [0.25, 0.3) is 0 Å². The van der Waals surface area contributed by atoms with Gasteiger partial charge >= 0.3 is 0 Å². The first-order chi connectivity index (χ1) is 3.00. The van der Waals surface area contributed by atoms with Gasteiger partial charge in [-0.15, -0.1) is 0 Å². The zero-order valence-electron chi connectivity index (χ0n) is 3.26. The van der Waals surface area contributed by atoms with Crippen LogP contribution in [-0.2, 0) is 0 Å². The third-order valence-corrected chi connectivity index (χ3v) is 1.16. The Kier molecular flexibility index (Phi) is 1.12. The van der Waals surface area contributed by atoms with Crippen molar-refractivity contribution in [1.82, 2.24) is 0 Å². The predicted octanol–water partition coefficient (Wildman–Crippen LogP) is 0.0484. The molecule has 0 unspecified atom stereocenters. The lowest BCUT2D eigenvalue weighted by Crippen LogP contribution is -1.81. The van der Waals surface area contributed by atoms with Crippen LogP contribution in [0.5, 0.6) is 0 Å². The van der Waals surface area contributed by atoms with Crippen molar-refractivity contribution < 1.29 is 0 Å². The molecule has 0 aromatic carbocycles. The van der Waals surface area contributed by atoms with E-state index in [9.17, 15) is 0 Å². The van der Waals surface area contributed by atoms with Gasteiger partial charge in [-0.25, -0.2) is 0 Å². The first-order valence-corrected chi connectivity index (χ1v) is 2.80. The molecule has 0 fully saturated rings. The molecule has 0 N–H and O–H groups in total. The zero-order chi connectivity index (χ0) is 4.24. The van der Waals surface area contributed by atoms with E-state index in [2.05, 4.69) is 4.66 Å². The zero-order valence-corrected chi connectivity index (χ0v) is 4.26. The summed E-state index contributed by atoms with van der Waals surface area (Å²) in [5.41, 5.74) is 2.04. The van der Waals surface area contributed by atoms with Crippen molar-refractivity contribution in [2.75, 3.05) is 0 Å². The van der Waals surface area contributed by atoms with Crippen LogP contribution in [0.3, 0.4) is 0 Å². The van der Waals surface area contributed by atoms with Gasteiger partial charge in [0.2, 0.25) is 0 Å². The van der Waals surface area contributed by atoms with Gasteiger partial charge in [-0.1, -0.05) is 11.7 Å². The van der Waals surface area contributed by atoms with Gasteiger partial charge in [-0.05, 0) is 6.08 Å². The molecule has 6 heavy (non-hydrogen) atoms. The molecule has 1 aliphatic rings. The average molecular weight is 94.2 g/mol. The monoisotopic (exact) mass is 94.0 g/mol. The number of allylic oxidation sites excluding steroid dienone is 2. The Bertz CT molecular complexity index is 76.9. The molecular weight excluding hydrogens is 90.1 g/mol. The molecule has 2 heteroatoms.